The topological polar surface area (TPSA) is 0 Å². The maximum Gasteiger partial charge on any atom is 0.0414 e. The molecule has 0 saturated carbocycles. The smallest absolute Gasteiger partial charge is 0.0414 e. The Kier molecular flexibility index (Phi) is 8.84. The first kappa shape index (κ1) is 20.7. The van der Waals surface area contributed by atoms with E-state index in [2.05, 4.69) is 0 Å². The van der Waals surface area contributed by atoms with Crippen molar-refractivity contribution in [3.05, 3.63) is 0 Å². The van der Waals surface area contributed by atoms with Crippen molar-refractivity contribution in [3.63, 3.8) is 0 Å². The molecule has 0 rings (SSSR count). The second-order valence-corrected chi connectivity index (χ2v) is 55.5. The summed E-state index contributed by atoms with van der Waals surface area (Å²) in [6, 6.07) is 0. The molecule has 0 heterocycles. The lowest BCUT2D eigenvalue weighted by molar-refractivity contribution is 5.17. The minimum absolute atomic E-state index is 1.06. The van der Waals surface area contributed by atoms with Crippen LogP contribution in [-0.4, -0.2) is 0 Å². The van der Waals surface area contributed by atoms with Crippen molar-refractivity contribution in [2.45, 2.75) is 0 Å². The Balaban J connectivity index is 6.69. The Bertz CT molecular complexity index is 741. The summed E-state index contributed by atoms with van der Waals surface area (Å²) in [5.74, 6) is 0. The minimum atomic E-state index is -2.48. The van der Waals surface area contributed by atoms with E-state index < -0.39 is 26.0 Å². The molecule has 0 aliphatic rings. The molecule has 0 aliphatic carbocycles. The first-order chi connectivity index (χ1) is 6.69. The minimum Gasteiger partial charge on any atom is -0.271 e. The lowest BCUT2D eigenvalue weighted by atomic mass is 29.9. The van der Waals surface area contributed by atoms with E-state index in [1.54, 1.807) is 0 Å². The molecule has 0 aromatic carbocycles. The van der Waals surface area contributed by atoms with Gasteiger partial charge in [-0.25, -0.2) is 22.4 Å². The number of hydrogen-bond acceptors (Lipinski definition) is 11. The van der Waals surface area contributed by atoms with Crippen molar-refractivity contribution < 1.29 is 0 Å². The van der Waals surface area contributed by atoms with Gasteiger partial charge in [0.25, 0.3) is 0 Å². The summed E-state index contributed by atoms with van der Waals surface area (Å²) in [5.41, 5.74) is 0. The highest BCUT2D eigenvalue weighted by Crippen LogP contribution is 2.28. The van der Waals surface area contributed by atoms with Crippen molar-refractivity contribution in [1.82, 2.24) is 0 Å². The van der Waals surface area contributed by atoms with Crippen molar-refractivity contribution in [3.8, 4) is 0 Å². The predicted molar refractivity (Wildman–Crippen MR) is 124 cm³/mol. The molecule has 0 unspecified atom stereocenters. The molecule has 0 aromatic heterocycles. The third-order valence-corrected chi connectivity index (χ3v) is 81.5. The molecule has 0 aromatic rings. The largest absolute Gasteiger partial charge is 0.271 e. The first-order valence-corrected chi connectivity index (χ1v) is 24.1. The maximum absolute atomic E-state index is 5.35. The highest BCUT2D eigenvalue weighted by molar-refractivity contribution is 14.2. The van der Waals surface area contributed by atoms with E-state index in [9.17, 15) is 0 Å². The van der Waals surface area contributed by atoms with Crippen molar-refractivity contribution >= 4 is 159 Å². The van der Waals surface area contributed by atoms with Gasteiger partial charge in [0.05, 0.1) is 0 Å². The van der Waals surface area contributed by atoms with Gasteiger partial charge in [-0.15, -0.1) is 0 Å². The summed E-state index contributed by atoms with van der Waals surface area (Å²) >= 11 is 54.1. The van der Waals surface area contributed by atoms with Crippen LogP contribution < -0.4 is 0 Å². The fourth-order valence-corrected chi connectivity index (χ4v) is 75.0. The zero-order valence-electron chi connectivity index (χ0n) is 6.50. The summed E-state index contributed by atoms with van der Waals surface area (Å²) in [6.07, 6.45) is 0. The predicted octanol–water partition coefficient (Wildman–Crippen LogP) is 0.850. The molecule has 0 fully saturated rings. The number of hydrogen-bond donors (Lipinski definition) is 0. The van der Waals surface area contributed by atoms with Gasteiger partial charge in [0, 0.05) is 35.0 Å². The van der Waals surface area contributed by atoms with Gasteiger partial charge in [-0.05, 0) is 67.1 Å². The van der Waals surface area contributed by atoms with Crippen LogP contribution >= 0.6 is 21.2 Å². The van der Waals surface area contributed by atoms with Crippen LogP contribution in [0, 0.1) is 0 Å². The summed E-state index contributed by atoms with van der Waals surface area (Å²) in [5, 5.41) is -7.24. The van der Waals surface area contributed by atoms with Crippen LogP contribution in [0.2, 0.25) is 0 Å². The molecule has 0 saturated heterocycles. The van der Waals surface area contributed by atoms with E-state index in [4.69, 9.17) is 112 Å². The van der Waals surface area contributed by atoms with Crippen LogP contribution in [0.1, 0.15) is 0 Å². The molecule has 0 atom stereocenters. The van der Waals surface area contributed by atoms with E-state index in [0.29, 0.717) is 0 Å². The molecule has 0 amide bonds. The van der Waals surface area contributed by atoms with Gasteiger partial charge in [0.1, 0.15) is 0 Å². The van der Waals surface area contributed by atoms with Crippen LogP contribution in [-0.2, 0) is 138 Å². The number of halogens is 1. The van der Waals surface area contributed by atoms with E-state index >= 15 is 0 Å². The molecule has 0 nitrogen and oxygen atoms in total. The van der Waals surface area contributed by atoms with Gasteiger partial charge in [0.2, 0.25) is 0 Å². The Morgan fingerprint density at radius 2 is 1.00 bits per heavy atom. The van der Waals surface area contributed by atoms with Crippen LogP contribution in [0.4, 0.5) is 0 Å². The van der Waals surface area contributed by atoms with Crippen LogP contribution in [0.15, 0.2) is 0 Å². The van der Waals surface area contributed by atoms with E-state index in [0.717, 1.165) is 0 Å². The van der Waals surface area contributed by atoms with Crippen LogP contribution in [0.5, 0.6) is 0 Å². The lowest BCUT2D eigenvalue weighted by Crippen LogP contribution is -2.22. The molecule has 0 spiro atoms. The van der Waals surface area contributed by atoms with E-state index in [1.165, 1.54) is 0 Å². The second kappa shape index (κ2) is 6.84. The van der Waals surface area contributed by atoms with Crippen molar-refractivity contribution in [2.75, 3.05) is 0 Å². The SMILES string of the molecule is S=[S-](=S)S(=S)(=S)S(=S)(=S)S(=S)(=S)S(=S)(=S)I. The van der Waals surface area contributed by atoms with Gasteiger partial charge >= 0.3 is 0 Å². The standard InChI is InChI=1S/IS15/c1-13(4,5)15(8,9)16(10,11)14(6,7)12(2)3/q-1. The zero-order valence-corrected chi connectivity index (χ0v) is 20.9. The van der Waals surface area contributed by atoms with Crippen molar-refractivity contribution in [1.29, 1.82) is 0 Å². The number of rotatable bonds is 4. The monoisotopic (exact) mass is 606 g/mol. The average Bonchev–Trinajstić information content (AvgIpc) is 2.00. The molecular weight excluding hydrogens is 608 g/mol. The summed E-state index contributed by atoms with van der Waals surface area (Å²) in [4.78, 5) is 0. The second-order valence-electron chi connectivity index (χ2n) is 1.82. The Labute approximate surface area is 155 Å². The van der Waals surface area contributed by atoms with Gasteiger partial charge in [-0.2, -0.15) is 0 Å². The summed E-state index contributed by atoms with van der Waals surface area (Å²) < 4.78 is -2.10. The van der Waals surface area contributed by atoms with Gasteiger partial charge in [0.15, 0.2) is 0 Å². The fraction of sp³-hybridized carbons (Fsp3) is 0. The Morgan fingerprint density at radius 3 is 1.19 bits per heavy atom. The molecule has 16 heteroatoms. The van der Waals surface area contributed by atoms with Crippen LogP contribution in [0.3, 0.4) is 0 Å². The average molecular weight is 608 g/mol. The lowest BCUT2D eigenvalue weighted by Gasteiger charge is -2.26. The summed E-state index contributed by atoms with van der Waals surface area (Å²) in [6.45, 7) is 0. The molecule has 16 heavy (non-hydrogen) atoms. The molecule has 0 bridgehead atoms. The van der Waals surface area contributed by atoms with Crippen LogP contribution in [0.25, 0.3) is 0 Å². The fourth-order valence-electron chi connectivity index (χ4n) is 0.270. The molecular formula is IS15-. The van der Waals surface area contributed by atoms with E-state index in [-0.39, 0.29) is 0 Å². The third-order valence-electron chi connectivity index (χ3n) is 0.910. The molecule has 0 aliphatic heterocycles. The quantitative estimate of drug-likeness (QED) is 0.195. The summed E-state index contributed by atoms with van der Waals surface area (Å²) in [7, 11) is -1.06. The first-order valence-electron chi connectivity index (χ1n) is 2.49. The Hall–Kier alpha value is 4.68. The molecule has 0 radical (unpaired) electrons. The van der Waals surface area contributed by atoms with Gasteiger partial charge < -0.3 is 0 Å². The Morgan fingerprint density at radius 1 is 0.688 bits per heavy atom. The zero-order chi connectivity index (χ0) is 13.6. The van der Waals surface area contributed by atoms with Gasteiger partial charge in [-0.1, -0.05) is 27.6 Å². The highest BCUT2D eigenvalue weighted by Gasteiger charge is 2.23. The molecule has 0 N–H and O–H groups in total. The van der Waals surface area contributed by atoms with Gasteiger partial charge in [-0.3, -0.25) is 7.05 Å². The highest BCUT2D eigenvalue weighted by atomic mass is 127. The van der Waals surface area contributed by atoms with E-state index in [1.807, 2.05) is 21.2 Å². The third kappa shape index (κ3) is 4.11. The molecule has 98 valence electrons. The maximum atomic E-state index is 5.35. The van der Waals surface area contributed by atoms with Crippen molar-refractivity contribution in [2.24, 2.45) is 0 Å². The normalized spacial score (nSPS) is 15.1.